The molecule has 0 aliphatic carbocycles. The van der Waals surface area contributed by atoms with Gasteiger partial charge in [0.2, 0.25) is 5.95 Å². The van der Waals surface area contributed by atoms with Gasteiger partial charge in [0.25, 0.3) is 0 Å². The van der Waals surface area contributed by atoms with Gasteiger partial charge in [0.1, 0.15) is 5.82 Å². The van der Waals surface area contributed by atoms with E-state index in [-0.39, 0.29) is 0 Å². The van der Waals surface area contributed by atoms with Gasteiger partial charge >= 0.3 is 0 Å². The Balaban J connectivity index is 1.65. The summed E-state index contributed by atoms with van der Waals surface area (Å²) in [6.07, 6.45) is 4.30. The van der Waals surface area contributed by atoms with Crippen LogP contribution >= 0.6 is 15.9 Å². The molecule has 1 fully saturated rings. The molecule has 1 aliphatic rings. The predicted molar refractivity (Wildman–Crippen MR) is 91.7 cm³/mol. The SMILES string of the molecule is Cc1cc(Br)ccc1Nc1nccc(NCC2CCCO2)n1. The first kappa shape index (κ1) is 15.2. The van der Waals surface area contributed by atoms with Crippen LogP contribution in [0.25, 0.3) is 0 Å². The molecule has 3 rings (SSSR count). The van der Waals surface area contributed by atoms with Crippen LogP contribution in [0.2, 0.25) is 0 Å². The molecule has 1 saturated heterocycles. The zero-order chi connectivity index (χ0) is 15.4. The second-order valence-corrected chi connectivity index (χ2v) is 6.28. The fourth-order valence-electron chi connectivity index (χ4n) is 2.43. The maximum atomic E-state index is 5.60. The standard InChI is InChI=1S/C16H19BrN4O/c1-11-9-12(17)4-5-14(11)20-16-18-7-6-15(21-16)19-10-13-3-2-8-22-13/h4-7,9,13H,2-3,8,10H2,1H3,(H2,18,19,20,21). The molecule has 0 radical (unpaired) electrons. The molecule has 2 N–H and O–H groups in total. The maximum absolute atomic E-state index is 5.60. The van der Waals surface area contributed by atoms with Gasteiger partial charge < -0.3 is 15.4 Å². The Bertz CT molecular complexity index is 644. The molecule has 116 valence electrons. The van der Waals surface area contributed by atoms with Crippen molar-refractivity contribution < 1.29 is 4.74 Å². The van der Waals surface area contributed by atoms with Crippen molar-refractivity contribution in [2.75, 3.05) is 23.8 Å². The molecule has 2 aromatic rings. The highest BCUT2D eigenvalue weighted by Gasteiger charge is 2.15. The summed E-state index contributed by atoms with van der Waals surface area (Å²) in [5.41, 5.74) is 2.13. The van der Waals surface area contributed by atoms with Crippen LogP contribution < -0.4 is 10.6 Å². The number of halogens is 1. The Morgan fingerprint density at radius 1 is 1.36 bits per heavy atom. The molecule has 2 heterocycles. The summed E-state index contributed by atoms with van der Waals surface area (Å²) in [5.74, 6) is 1.39. The number of hydrogen-bond donors (Lipinski definition) is 2. The van der Waals surface area contributed by atoms with E-state index < -0.39 is 0 Å². The highest BCUT2D eigenvalue weighted by molar-refractivity contribution is 9.10. The molecular formula is C16H19BrN4O. The van der Waals surface area contributed by atoms with E-state index in [1.54, 1.807) is 6.20 Å². The summed E-state index contributed by atoms with van der Waals surface area (Å²) in [4.78, 5) is 8.76. The van der Waals surface area contributed by atoms with Crippen molar-refractivity contribution in [3.05, 3.63) is 40.5 Å². The monoisotopic (exact) mass is 362 g/mol. The molecular weight excluding hydrogens is 344 g/mol. The van der Waals surface area contributed by atoms with E-state index in [9.17, 15) is 0 Å². The van der Waals surface area contributed by atoms with Crippen molar-refractivity contribution >= 4 is 33.4 Å². The van der Waals surface area contributed by atoms with E-state index in [1.165, 1.54) is 0 Å². The van der Waals surface area contributed by atoms with Crippen LogP contribution in [-0.2, 0) is 4.74 Å². The average Bonchev–Trinajstić information content (AvgIpc) is 3.02. The van der Waals surface area contributed by atoms with Crippen LogP contribution in [0.3, 0.4) is 0 Å². The first-order valence-corrected chi connectivity index (χ1v) is 8.22. The van der Waals surface area contributed by atoms with Crippen LogP contribution in [0.4, 0.5) is 17.5 Å². The third-order valence-electron chi connectivity index (χ3n) is 3.63. The molecule has 1 aromatic carbocycles. The fraction of sp³-hybridized carbons (Fsp3) is 0.375. The van der Waals surface area contributed by atoms with E-state index >= 15 is 0 Å². The molecule has 1 atom stereocenters. The number of nitrogens with one attached hydrogen (secondary N) is 2. The van der Waals surface area contributed by atoms with E-state index in [0.717, 1.165) is 47.5 Å². The summed E-state index contributed by atoms with van der Waals surface area (Å²) in [6.45, 7) is 3.70. The summed E-state index contributed by atoms with van der Waals surface area (Å²) in [5, 5.41) is 6.57. The molecule has 0 amide bonds. The number of anilines is 3. The lowest BCUT2D eigenvalue weighted by Crippen LogP contribution is -2.19. The number of aromatic nitrogens is 2. The number of rotatable bonds is 5. The van der Waals surface area contributed by atoms with E-state index in [0.29, 0.717) is 12.1 Å². The average molecular weight is 363 g/mol. The van der Waals surface area contributed by atoms with E-state index in [1.807, 2.05) is 25.1 Å². The minimum atomic E-state index is 0.292. The van der Waals surface area contributed by atoms with Gasteiger partial charge in [0.15, 0.2) is 0 Å². The van der Waals surface area contributed by atoms with Gasteiger partial charge in [0, 0.05) is 29.5 Å². The van der Waals surface area contributed by atoms with E-state index in [4.69, 9.17) is 4.74 Å². The first-order valence-electron chi connectivity index (χ1n) is 7.42. The van der Waals surface area contributed by atoms with Gasteiger partial charge in [-0.2, -0.15) is 4.98 Å². The third-order valence-corrected chi connectivity index (χ3v) is 4.12. The molecule has 1 aliphatic heterocycles. The molecule has 5 nitrogen and oxygen atoms in total. The van der Waals surface area contributed by atoms with Gasteiger partial charge in [-0.05, 0) is 49.6 Å². The lowest BCUT2D eigenvalue weighted by atomic mass is 10.2. The summed E-state index contributed by atoms with van der Waals surface area (Å²) < 4.78 is 6.66. The number of ether oxygens (including phenoxy) is 1. The first-order chi connectivity index (χ1) is 10.7. The summed E-state index contributed by atoms with van der Waals surface area (Å²) >= 11 is 3.47. The molecule has 0 spiro atoms. The second kappa shape index (κ2) is 7.07. The largest absolute Gasteiger partial charge is 0.376 e. The minimum absolute atomic E-state index is 0.292. The highest BCUT2D eigenvalue weighted by Crippen LogP contribution is 2.22. The quantitative estimate of drug-likeness (QED) is 0.844. The Kier molecular flexibility index (Phi) is 4.90. The number of hydrogen-bond acceptors (Lipinski definition) is 5. The fourth-order valence-corrected chi connectivity index (χ4v) is 2.90. The number of benzene rings is 1. The van der Waals surface area contributed by atoms with E-state index in [2.05, 4.69) is 42.6 Å². The van der Waals surface area contributed by atoms with Crippen molar-refractivity contribution in [2.24, 2.45) is 0 Å². The van der Waals surface area contributed by atoms with Crippen molar-refractivity contribution in [1.29, 1.82) is 0 Å². The van der Waals surface area contributed by atoms with Crippen LogP contribution in [0.1, 0.15) is 18.4 Å². The number of nitrogens with zero attached hydrogens (tertiary/aromatic N) is 2. The minimum Gasteiger partial charge on any atom is -0.376 e. The van der Waals surface area contributed by atoms with Crippen LogP contribution in [-0.4, -0.2) is 29.2 Å². The lowest BCUT2D eigenvalue weighted by Gasteiger charge is -2.12. The summed E-state index contributed by atoms with van der Waals surface area (Å²) in [6, 6.07) is 7.93. The van der Waals surface area contributed by atoms with Crippen LogP contribution in [0.5, 0.6) is 0 Å². The Morgan fingerprint density at radius 2 is 2.27 bits per heavy atom. The molecule has 1 unspecified atom stereocenters. The van der Waals surface area contributed by atoms with Crippen molar-refractivity contribution in [2.45, 2.75) is 25.9 Å². The Morgan fingerprint density at radius 3 is 3.05 bits per heavy atom. The molecule has 1 aromatic heterocycles. The molecule has 0 bridgehead atoms. The van der Waals surface area contributed by atoms with Gasteiger partial charge in [-0.1, -0.05) is 15.9 Å². The van der Waals surface area contributed by atoms with Crippen LogP contribution in [0.15, 0.2) is 34.9 Å². The highest BCUT2D eigenvalue weighted by atomic mass is 79.9. The van der Waals surface area contributed by atoms with Crippen molar-refractivity contribution in [3.8, 4) is 0 Å². The van der Waals surface area contributed by atoms with Crippen molar-refractivity contribution in [1.82, 2.24) is 9.97 Å². The maximum Gasteiger partial charge on any atom is 0.229 e. The second-order valence-electron chi connectivity index (χ2n) is 5.37. The molecule has 0 saturated carbocycles. The Hall–Kier alpha value is -1.66. The van der Waals surface area contributed by atoms with Gasteiger partial charge in [-0.25, -0.2) is 4.98 Å². The van der Waals surface area contributed by atoms with Gasteiger partial charge in [-0.3, -0.25) is 0 Å². The normalized spacial score (nSPS) is 17.5. The van der Waals surface area contributed by atoms with Crippen LogP contribution in [0, 0.1) is 6.92 Å². The lowest BCUT2D eigenvalue weighted by molar-refractivity contribution is 0.120. The Labute approximate surface area is 138 Å². The molecule has 22 heavy (non-hydrogen) atoms. The predicted octanol–water partition coefficient (Wildman–Crippen LogP) is 3.88. The zero-order valence-corrected chi connectivity index (χ0v) is 14.1. The third kappa shape index (κ3) is 3.96. The summed E-state index contributed by atoms with van der Waals surface area (Å²) in [7, 11) is 0. The van der Waals surface area contributed by atoms with Crippen molar-refractivity contribution in [3.63, 3.8) is 0 Å². The zero-order valence-electron chi connectivity index (χ0n) is 12.5. The number of aryl methyl sites for hydroxylation is 1. The molecule has 6 heteroatoms. The van der Waals surface area contributed by atoms with Gasteiger partial charge in [-0.15, -0.1) is 0 Å². The smallest absolute Gasteiger partial charge is 0.229 e. The topological polar surface area (TPSA) is 59.1 Å². The van der Waals surface area contributed by atoms with Gasteiger partial charge in [0.05, 0.1) is 6.10 Å².